The second kappa shape index (κ2) is 8.01. The van der Waals surface area contributed by atoms with Crippen molar-refractivity contribution in [3.63, 3.8) is 0 Å². The molecule has 0 aliphatic carbocycles. The van der Waals surface area contributed by atoms with E-state index in [1.54, 1.807) is 0 Å². The van der Waals surface area contributed by atoms with Crippen LogP contribution in [0.25, 0.3) is 11.0 Å². The van der Waals surface area contributed by atoms with Crippen molar-refractivity contribution >= 4 is 11.0 Å². The first kappa shape index (κ1) is 17.9. The molecule has 1 N–H and O–H groups in total. The third-order valence-corrected chi connectivity index (χ3v) is 5.42. The Morgan fingerprint density at radius 2 is 1.93 bits per heavy atom. The molecule has 2 aromatic carbocycles. The van der Waals surface area contributed by atoms with Gasteiger partial charge in [0.2, 0.25) is 0 Å². The fraction of sp³-hybridized carbons (Fsp3) is 0.409. The van der Waals surface area contributed by atoms with Gasteiger partial charge in [-0.3, -0.25) is 4.57 Å². The van der Waals surface area contributed by atoms with E-state index >= 15 is 0 Å². The Morgan fingerprint density at radius 1 is 1.11 bits per heavy atom. The van der Waals surface area contributed by atoms with Crippen LogP contribution in [0.15, 0.2) is 53.3 Å². The third-order valence-electron chi connectivity index (χ3n) is 5.42. The summed E-state index contributed by atoms with van der Waals surface area (Å²) in [5.74, 6) is 0.951. The average molecular weight is 365 g/mol. The Morgan fingerprint density at radius 3 is 2.74 bits per heavy atom. The van der Waals surface area contributed by atoms with Crippen molar-refractivity contribution in [2.45, 2.75) is 32.2 Å². The van der Waals surface area contributed by atoms with Crippen molar-refractivity contribution in [3.8, 4) is 5.75 Å². The predicted molar refractivity (Wildman–Crippen MR) is 109 cm³/mol. The highest BCUT2D eigenvalue weighted by atomic mass is 16.5. The lowest BCUT2D eigenvalue weighted by Crippen LogP contribution is -2.37. The number of fused-ring (bicyclic) bond motifs is 1. The van der Waals surface area contributed by atoms with Crippen molar-refractivity contribution in [1.82, 2.24) is 14.5 Å². The van der Waals surface area contributed by atoms with Crippen LogP contribution < -0.4 is 10.4 Å². The molecule has 1 fully saturated rings. The van der Waals surface area contributed by atoms with Gasteiger partial charge in [0.05, 0.1) is 17.6 Å². The van der Waals surface area contributed by atoms with Gasteiger partial charge in [-0.15, -0.1) is 0 Å². The molecule has 0 bridgehead atoms. The predicted octanol–water partition coefficient (Wildman–Crippen LogP) is 3.74. The number of benzene rings is 2. The van der Waals surface area contributed by atoms with Crippen molar-refractivity contribution in [3.05, 3.63) is 64.6 Å². The molecule has 1 saturated heterocycles. The Hall–Kier alpha value is -2.53. The number of ether oxygens (including phenoxy) is 1. The van der Waals surface area contributed by atoms with E-state index in [0.717, 1.165) is 62.3 Å². The van der Waals surface area contributed by atoms with Gasteiger partial charge in [-0.05, 0) is 56.0 Å². The summed E-state index contributed by atoms with van der Waals surface area (Å²) < 4.78 is 7.80. The maximum absolute atomic E-state index is 12.4. The van der Waals surface area contributed by atoms with Gasteiger partial charge < -0.3 is 14.6 Å². The minimum Gasteiger partial charge on any atom is -0.494 e. The summed E-state index contributed by atoms with van der Waals surface area (Å²) in [7, 11) is 0. The Bertz CT molecular complexity index is 951. The number of aryl methyl sites for hydroxylation is 1. The summed E-state index contributed by atoms with van der Waals surface area (Å²) in [6.07, 6.45) is 3.05. The number of aromatic nitrogens is 2. The molecule has 1 aliphatic rings. The highest BCUT2D eigenvalue weighted by Crippen LogP contribution is 2.24. The van der Waals surface area contributed by atoms with Gasteiger partial charge in [0, 0.05) is 25.7 Å². The lowest BCUT2D eigenvalue weighted by molar-refractivity contribution is 0.173. The largest absolute Gasteiger partial charge is 0.494 e. The highest BCUT2D eigenvalue weighted by molar-refractivity contribution is 5.75. The number of imidazole rings is 1. The van der Waals surface area contributed by atoms with Crippen LogP contribution in [0.4, 0.5) is 0 Å². The molecule has 5 heteroatoms. The lowest BCUT2D eigenvalue weighted by Gasteiger charge is -2.32. The van der Waals surface area contributed by atoms with Crippen LogP contribution in [0.2, 0.25) is 0 Å². The molecule has 0 unspecified atom stereocenters. The molecule has 0 radical (unpaired) electrons. The summed E-state index contributed by atoms with van der Waals surface area (Å²) in [5.41, 5.74) is 3.19. The number of hydrogen-bond donors (Lipinski definition) is 1. The highest BCUT2D eigenvalue weighted by Gasteiger charge is 2.23. The standard InChI is InChI=1S/C22H27N3O2/c1-17-6-4-7-19(16-17)27-15-5-12-24-13-10-18(11-14-24)25-21-9-3-2-8-20(21)23-22(25)26/h2-4,6-9,16,18H,5,10-15H2,1H3,(H,23,26). The molecule has 0 saturated carbocycles. The zero-order chi connectivity index (χ0) is 18.6. The molecule has 5 nitrogen and oxygen atoms in total. The molecule has 0 amide bonds. The van der Waals surface area contributed by atoms with E-state index in [1.165, 1.54) is 5.56 Å². The van der Waals surface area contributed by atoms with Crippen LogP contribution in [0.5, 0.6) is 5.75 Å². The summed E-state index contributed by atoms with van der Waals surface area (Å²) in [6.45, 7) is 5.92. The Kier molecular flexibility index (Phi) is 5.30. The topological polar surface area (TPSA) is 50.3 Å². The molecule has 1 aliphatic heterocycles. The van der Waals surface area contributed by atoms with Crippen LogP contribution in [-0.4, -0.2) is 40.7 Å². The van der Waals surface area contributed by atoms with Gasteiger partial charge in [-0.25, -0.2) is 4.79 Å². The quantitative estimate of drug-likeness (QED) is 0.677. The third kappa shape index (κ3) is 4.08. The lowest BCUT2D eigenvalue weighted by atomic mass is 10.0. The van der Waals surface area contributed by atoms with Crippen molar-refractivity contribution in [2.75, 3.05) is 26.2 Å². The van der Waals surface area contributed by atoms with Crippen LogP contribution in [0.1, 0.15) is 30.9 Å². The molecule has 142 valence electrons. The summed E-state index contributed by atoms with van der Waals surface area (Å²) >= 11 is 0. The van der Waals surface area contributed by atoms with E-state index in [-0.39, 0.29) is 11.7 Å². The molecule has 2 heterocycles. The summed E-state index contributed by atoms with van der Waals surface area (Å²) in [4.78, 5) is 17.8. The van der Waals surface area contributed by atoms with E-state index in [2.05, 4.69) is 28.9 Å². The fourth-order valence-corrected chi connectivity index (χ4v) is 4.02. The molecular formula is C22H27N3O2. The zero-order valence-electron chi connectivity index (χ0n) is 15.9. The van der Waals surface area contributed by atoms with Crippen LogP contribution in [-0.2, 0) is 0 Å². The van der Waals surface area contributed by atoms with Crippen molar-refractivity contribution in [2.24, 2.45) is 0 Å². The van der Waals surface area contributed by atoms with E-state index in [9.17, 15) is 4.79 Å². The number of para-hydroxylation sites is 2. The monoisotopic (exact) mass is 365 g/mol. The van der Waals surface area contributed by atoms with Gasteiger partial charge in [-0.2, -0.15) is 0 Å². The number of aromatic amines is 1. The second-order valence-corrected chi connectivity index (χ2v) is 7.41. The molecule has 0 atom stereocenters. The summed E-state index contributed by atoms with van der Waals surface area (Å²) in [5, 5.41) is 0. The van der Waals surface area contributed by atoms with E-state index in [4.69, 9.17) is 4.74 Å². The normalized spacial score (nSPS) is 16.0. The number of nitrogens with zero attached hydrogens (tertiary/aromatic N) is 2. The maximum atomic E-state index is 12.4. The van der Waals surface area contributed by atoms with Gasteiger partial charge >= 0.3 is 5.69 Å². The molecule has 1 aromatic heterocycles. The van der Waals surface area contributed by atoms with Crippen LogP contribution in [0.3, 0.4) is 0 Å². The number of nitrogens with one attached hydrogen (secondary N) is 1. The van der Waals surface area contributed by atoms with E-state index < -0.39 is 0 Å². The van der Waals surface area contributed by atoms with Crippen molar-refractivity contribution < 1.29 is 4.74 Å². The molecule has 0 spiro atoms. The number of hydrogen-bond acceptors (Lipinski definition) is 3. The molecule has 4 rings (SSSR count). The van der Waals surface area contributed by atoms with Crippen molar-refractivity contribution in [1.29, 1.82) is 0 Å². The minimum atomic E-state index is 0.0150. The van der Waals surface area contributed by atoms with Gasteiger partial charge in [0.25, 0.3) is 0 Å². The van der Waals surface area contributed by atoms with Crippen LogP contribution >= 0.6 is 0 Å². The first-order valence-corrected chi connectivity index (χ1v) is 9.82. The first-order valence-electron chi connectivity index (χ1n) is 9.82. The van der Waals surface area contributed by atoms with E-state index in [0.29, 0.717) is 0 Å². The van der Waals surface area contributed by atoms with E-state index in [1.807, 2.05) is 41.0 Å². The molecule has 3 aromatic rings. The SMILES string of the molecule is Cc1cccc(OCCCN2CCC(n3c(=O)[nH]c4ccccc43)CC2)c1. The first-order chi connectivity index (χ1) is 13.2. The molecular weight excluding hydrogens is 338 g/mol. The van der Waals surface area contributed by atoms with Gasteiger partial charge in [-0.1, -0.05) is 24.3 Å². The number of piperidine rings is 1. The van der Waals surface area contributed by atoms with Gasteiger partial charge in [0.15, 0.2) is 0 Å². The minimum absolute atomic E-state index is 0.0150. The number of rotatable bonds is 6. The Balaban J connectivity index is 1.26. The summed E-state index contributed by atoms with van der Waals surface area (Å²) in [6, 6.07) is 16.4. The van der Waals surface area contributed by atoms with Gasteiger partial charge in [0.1, 0.15) is 5.75 Å². The smallest absolute Gasteiger partial charge is 0.326 e. The fourth-order valence-electron chi connectivity index (χ4n) is 4.02. The number of H-pyrrole nitrogens is 1. The average Bonchev–Trinajstić information content (AvgIpc) is 3.02. The molecule has 27 heavy (non-hydrogen) atoms. The number of likely N-dealkylation sites (tertiary alicyclic amines) is 1. The Labute approximate surface area is 159 Å². The maximum Gasteiger partial charge on any atom is 0.326 e. The zero-order valence-corrected chi connectivity index (χ0v) is 15.9. The van der Waals surface area contributed by atoms with Crippen LogP contribution in [0, 0.1) is 6.92 Å². The second-order valence-electron chi connectivity index (χ2n) is 7.41.